The lowest BCUT2D eigenvalue weighted by molar-refractivity contribution is -0.140. The van der Waals surface area contributed by atoms with Gasteiger partial charge >= 0.3 is 12.6 Å². The van der Waals surface area contributed by atoms with E-state index in [1.54, 1.807) is 0 Å². The molecule has 0 heterocycles. The predicted molar refractivity (Wildman–Crippen MR) is 61.4 cm³/mol. The third-order valence-electron chi connectivity index (χ3n) is 2.13. The topological polar surface area (TPSA) is 35.5 Å². The number of carbonyl (C=O) groups is 1. The van der Waals surface area contributed by atoms with Crippen molar-refractivity contribution in [3.63, 3.8) is 0 Å². The molecule has 0 amide bonds. The van der Waals surface area contributed by atoms with Crippen molar-refractivity contribution >= 4 is 21.9 Å². The largest absolute Gasteiger partial charge is 0.469 e. The molecule has 1 aromatic carbocycles. The van der Waals surface area contributed by atoms with E-state index >= 15 is 0 Å². The monoisotopic (exact) mass is 326 g/mol. The van der Waals surface area contributed by atoms with Gasteiger partial charge in [-0.3, -0.25) is 4.79 Å². The Labute approximate surface area is 110 Å². The average molecular weight is 327 g/mol. The third-order valence-corrected chi connectivity index (χ3v) is 2.78. The van der Waals surface area contributed by atoms with Crippen molar-refractivity contribution < 1.29 is 27.4 Å². The Balaban J connectivity index is 3.15. The summed E-state index contributed by atoms with van der Waals surface area (Å²) in [5.41, 5.74) is 0.184. The SMILES string of the molecule is COC(=O)Cc1c(F)cc(CBr)cc1OC(F)F. The van der Waals surface area contributed by atoms with Gasteiger partial charge in [-0.15, -0.1) is 0 Å². The number of carbonyl (C=O) groups excluding carboxylic acids is 1. The molecular formula is C11H10BrF3O3. The molecule has 0 bridgehead atoms. The number of halogens is 4. The van der Waals surface area contributed by atoms with Crippen molar-refractivity contribution in [2.75, 3.05) is 7.11 Å². The normalized spacial score (nSPS) is 10.6. The number of hydrogen-bond donors (Lipinski definition) is 0. The minimum atomic E-state index is -3.09. The first-order valence-electron chi connectivity index (χ1n) is 4.86. The van der Waals surface area contributed by atoms with Crippen molar-refractivity contribution in [3.05, 3.63) is 29.1 Å². The molecule has 0 aliphatic heterocycles. The van der Waals surface area contributed by atoms with Crippen molar-refractivity contribution in [1.29, 1.82) is 0 Å². The molecule has 0 aromatic heterocycles. The van der Waals surface area contributed by atoms with Gasteiger partial charge in [0, 0.05) is 10.9 Å². The fraction of sp³-hybridized carbons (Fsp3) is 0.364. The number of methoxy groups -OCH3 is 1. The zero-order valence-electron chi connectivity index (χ0n) is 9.38. The highest BCUT2D eigenvalue weighted by Crippen LogP contribution is 2.27. The van der Waals surface area contributed by atoms with Gasteiger partial charge in [0.15, 0.2) is 0 Å². The standard InChI is InChI=1S/C11H10BrF3O3/c1-17-10(16)4-7-8(13)2-6(5-12)3-9(7)18-11(14)15/h2-3,11H,4-5H2,1H3. The van der Waals surface area contributed by atoms with Crippen molar-refractivity contribution in [2.45, 2.75) is 18.4 Å². The second-order valence-electron chi connectivity index (χ2n) is 3.32. The Morgan fingerprint density at radius 1 is 1.44 bits per heavy atom. The number of rotatable bonds is 5. The van der Waals surface area contributed by atoms with Gasteiger partial charge in [0.25, 0.3) is 0 Å². The maximum absolute atomic E-state index is 13.7. The van der Waals surface area contributed by atoms with E-state index in [-0.39, 0.29) is 16.6 Å². The van der Waals surface area contributed by atoms with Crippen LogP contribution >= 0.6 is 15.9 Å². The van der Waals surface area contributed by atoms with E-state index in [0.29, 0.717) is 5.56 Å². The van der Waals surface area contributed by atoms with Crippen molar-refractivity contribution in [2.24, 2.45) is 0 Å². The quantitative estimate of drug-likeness (QED) is 0.616. The fourth-order valence-corrected chi connectivity index (χ4v) is 1.65. The first-order valence-corrected chi connectivity index (χ1v) is 5.99. The van der Waals surface area contributed by atoms with Gasteiger partial charge in [0.2, 0.25) is 0 Å². The molecule has 1 rings (SSSR count). The summed E-state index contributed by atoms with van der Waals surface area (Å²) in [6.07, 6.45) is -0.465. The zero-order valence-corrected chi connectivity index (χ0v) is 11.0. The molecule has 100 valence electrons. The molecule has 0 saturated carbocycles. The zero-order chi connectivity index (χ0) is 13.7. The number of benzene rings is 1. The Bertz CT molecular complexity index is 438. The minimum Gasteiger partial charge on any atom is -0.469 e. The van der Waals surface area contributed by atoms with Crippen LogP contribution < -0.4 is 4.74 Å². The maximum atomic E-state index is 13.7. The van der Waals surface area contributed by atoms with Crippen LogP contribution in [-0.2, 0) is 21.3 Å². The van der Waals surface area contributed by atoms with Crippen LogP contribution in [0.4, 0.5) is 13.2 Å². The summed E-state index contributed by atoms with van der Waals surface area (Å²) in [7, 11) is 1.13. The second-order valence-corrected chi connectivity index (χ2v) is 3.88. The van der Waals surface area contributed by atoms with Crippen LogP contribution in [0.15, 0.2) is 12.1 Å². The molecule has 18 heavy (non-hydrogen) atoms. The lowest BCUT2D eigenvalue weighted by atomic mass is 10.1. The van der Waals surface area contributed by atoms with Crippen LogP contribution in [0.1, 0.15) is 11.1 Å². The first-order chi connectivity index (χ1) is 8.47. The molecule has 0 spiro atoms. The summed E-state index contributed by atoms with van der Waals surface area (Å²) in [6, 6.07) is 2.40. The van der Waals surface area contributed by atoms with E-state index in [2.05, 4.69) is 25.4 Å². The highest BCUT2D eigenvalue weighted by molar-refractivity contribution is 9.08. The Morgan fingerprint density at radius 2 is 2.11 bits per heavy atom. The molecular weight excluding hydrogens is 317 g/mol. The molecule has 0 aliphatic carbocycles. The van der Waals surface area contributed by atoms with Crippen molar-refractivity contribution in [1.82, 2.24) is 0 Å². The molecule has 3 nitrogen and oxygen atoms in total. The maximum Gasteiger partial charge on any atom is 0.387 e. The van der Waals surface area contributed by atoms with E-state index < -0.39 is 24.8 Å². The van der Waals surface area contributed by atoms with Gasteiger partial charge in [-0.1, -0.05) is 15.9 Å². The Kier molecular flexibility index (Phi) is 5.46. The van der Waals surface area contributed by atoms with Crippen molar-refractivity contribution in [3.8, 4) is 5.75 Å². The van der Waals surface area contributed by atoms with Gasteiger partial charge < -0.3 is 9.47 Å². The van der Waals surface area contributed by atoms with Crippen LogP contribution in [-0.4, -0.2) is 19.7 Å². The minimum absolute atomic E-state index is 0.244. The summed E-state index contributed by atoms with van der Waals surface area (Å²) in [6.45, 7) is -3.09. The highest BCUT2D eigenvalue weighted by atomic mass is 79.9. The van der Waals surface area contributed by atoms with Gasteiger partial charge in [-0.25, -0.2) is 4.39 Å². The third kappa shape index (κ3) is 3.90. The van der Waals surface area contributed by atoms with E-state index in [1.807, 2.05) is 0 Å². The number of esters is 1. The van der Waals surface area contributed by atoms with Gasteiger partial charge in [0.05, 0.1) is 13.5 Å². The number of hydrogen-bond acceptors (Lipinski definition) is 3. The van der Waals surface area contributed by atoms with E-state index in [0.717, 1.165) is 13.2 Å². The molecule has 0 radical (unpaired) electrons. The summed E-state index contributed by atoms with van der Waals surface area (Å²) in [5, 5.41) is 0.280. The Morgan fingerprint density at radius 3 is 2.61 bits per heavy atom. The summed E-state index contributed by atoms with van der Waals surface area (Å²) in [5.74, 6) is -1.88. The molecule has 0 aliphatic rings. The molecule has 0 unspecified atom stereocenters. The molecule has 0 fully saturated rings. The summed E-state index contributed by atoms with van der Waals surface area (Å²) >= 11 is 3.08. The average Bonchev–Trinajstić information content (AvgIpc) is 2.32. The number of alkyl halides is 3. The fourth-order valence-electron chi connectivity index (χ4n) is 1.33. The molecule has 7 heteroatoms. The summed E-state index contributed by atoms with van der Waals surface area (Å²) in [4.78, 5) is 11.1. The molecule has 0 saturated heterocycles. The number of ether oxygens (including phenoxy) is 2. The van der Waals surface area contributed by atoms with Gasteiger partial charge in [-0.2, -0.15) is 8.78 Å². The van der Waals surface area contributed by atoms with Crippen LogP contribution in [0.3, 0.4) is 0 Å². The van der Waals surface area contributed by atoms with Crippen LogP contribution in [0.5, 0.6) is 5.75 Å². The predicted octanol–water partition coefficient (Wildman–Crippen LogP) is 3.04. The molecule has 0 atom stereocenters. The lowest BCUT2D eigenvalue weighted by Crippen LogP contribution is -2.11. The first kappa shape index (κ1) is 14.8. The summed E-state index contributed by atoms with van der Waals surface area (Å²) < 4.78 is 46.7. The van der Waals surface area contributed by atoms with Gasteiger partial charge in [0.1, 0.15) is 11.6 Å². The highest BCUT2D eigenvalue weighted by Gasteiger charge is 2.18. The molecule has 0 N–H and O–H groups in total. The van der Waals surface area contributed by atoms with Crippen LogP contribution in [0.25, 0.3) is 0 Å². The molecule has 1 aromatic rings. The smallest absolute Gasteiger partial charge is 0.387 e. The van der Waals surface area contributed by atoms with E-state index in [1.165, 1.54) is 6.07 Å². The van der Waals surface area contributed by atoms with E-state index in [9.17, 15) is 18.0 Å². The van der Waals surface area contributed by atoms with Crippen LogP contribution in [0.2, 0.25) is 0 Å². The van der Waals surface area contributed by atoms with Crippen LogP contribution in [0, 0.1) is 5.82 Å². The van der Waals surface area contributed by atoms with E-state index in [4.69, 9.17) is 0 Å². The van der Waals surface area contributed by atoms with Gasteiger partial charge in [-0.05, 0) is 17.7 Å². The second kappa shape index (κ2) is 6.63. The lowest BCUT2D eigenvalue weighted by Gasteiger charge is -2.12. The Hall–Kier alpha value is -1.24.